The maximum Gasteiger partial charge on any atom is 0.137 e. The first-order valence-electron chi connectivity index (χ1n) is 15.1. The molecule has 0 unspecified atom stereocenters. The number of nitrogens with zero attached hydrogens (tertiary/aromatic N) is 3. The van der Waals surface area contributed by atoms with Gasteiger partial charge in [0.05, 0.1) is 16.7 Å². The third kappa shape index (κ3) is 3.24. The molecule has 3 heterocycles. The number of hydrogen-bond donors (Lipinski definition) is 0. The Hall–Kier alpha value is -5.93. The molecule has 3 nitrogen and oxygen atoms in total. The second-order valence-corrected chi connectivity index (χ2v) is 11.7. The minimum atomic E-state index is 0.957. The minimum absolute atomic E-state index is 0.957. The first kappa shape index (κ1) is 23.6. The van der Waals surface area contributed by atoms with Gasteiger partial charge < -0.3 is 8.97 Å². The van der Waals surface area contributed by atoms with Crippen molar-refractivity contribution in [2.24, 2.45) is 0 Å². The maximum atomic E-state index is 4.97. The quantitative estimate of drug-likeness (QED) is 0.197. The Kier molecular flexibility index (Phi) is 4.72. The van der Waals surface area contributed by atoms with E-state index in [9.17, 15) is 0 Å². The van der Waals surface area contributed by atoms with E-state index in [1.165, 1.54) is 70.9 Å². The highest BCUT2D eigenvalue weighted by Gasteiger charge is 2.17. The summed E-state index contributed by atoms with van der Waals surface area (Å²) in [5.41, 5.74) is 9.18. The average molecular weight is 560 g/mol. The van der Waals surface area contributed by atoms with Crippen molar-refractivity contribution >= 4 is 59.8 Å². The van der Waals surface area contributed by atoms with E-state index in [0.29, 0.717) is 0 Å². The van der Waals surface area contributed by atoms with Gasteiger partial charge >= 0.3 is 0 Å². The summed E-state index contributed by atoms with van der Waals surface area (Å²) in [6.07, 6.45) is 4.19. The molecular formula is C41H25N3. The molecule has 0 amide bonds. The second kappa shape index (κ2) is 8.79. The Morgan fingerprint density at radius 1 is 0.477 bits per heavy atom. The molecule has 44 heavy (non-hydrogen) atoms. The molecule has 0 bridgehead atoms. The van der Waals surface area contributed by atoms with Gasteiger partial charge in [-0.3, -0.25) is 0 Å². The molecule has 0 radical (unpaired) electrons. The normalized spacial score (nSPS) is 12.1. The number of imidazole rings is 1. The number of aromatic nitrogens is 3. The Bertz CT molecular complexity index is 2640. The molecule has 0 saturated heterocycles. The van der Waals surface area contributed by atoms with Crippen LogP contribution < -0.4 is 0 Å². The summed E-state index contributed by atoms with van der Waals surface area (Å²) >= 11 is 0. The van der Waals surface area contributed by atoms with Crippen LogP contribution in [0, 0.1) is 0 Å². The van der Waals surface area contributed by atoms with E-state index in [4.69, 9.17) is 4.98 Å². The van der Waals surface area contributed by atoms with Crippen LogP contribution in [0.2, 0.25) is 0 Å². The predicted molar refractivity (Wildman–Crippen MR) is 184 cm³/mol. The second-order valence-electron chi connectivity index (χ2n) is 11.7. The van der Waals surface area contributed by atoms with E-state index in [1.807, 2.05) is 12.1 Å². The van der Waals surface area contributed by atoms with Crippen LogP contribution in [0.1, 0.15) is 0 Å². The lowest BCUT2D eigenvalue weighted by molar-refractivity contribution is 1.18. The fourth-order valence-corrected chi connectivity index (χ4v) is 7.35. The standard InChI is InChI=1S/C41H25N3/c1-3-12-37-32(10-1)33-11-2-4-13-38(33)44(37)29-9-7-8-28(24-29)30-19-15-26-18-22-35-31(36-25-43-23-6-5-14-39(43)42-36)20-16-27-17-21-34(30)40(26)41(27)35/h1-25H. The van der Waals surface area contributed by atoms with Crippen molar-refractivity contribution in [1.29, 1.82) is 0 Å². The van der Waals surface area contributed by atoms with Crippen molar-refractivity contribution in [3.05, 3.63) is 152 Å². The largest absolute Gasteiger partial charge is 0.309 e. The fourth-order valence-electron chi connectivity index (χ4n) is 7.35. The van der Waals surface area contributed by atoms with E-state index in [1.54, 1.807) is 0 Å². The van der Waals surface area contributed by atoms with Gasteiger partial charge in [0.15, 0.2) is 0 Å². The van der Waals surface area contributed by atoms with Gasteiger partial charge in [-0.05, 0) is 79.8 Å². The molecule has 0 aliphatic carbocycles. The third-order valence-electron chi connectivity index (χ3n) is 9.30. The zero-order valence-electron chi connectivity index (χ0n) is 23.8. The van der Waals surface area contributed by atoms with E-state index in [2.05, 4.69) is 149 Å². The third-order valence-corrected chi connectivity index (χ3v) is 9.30. The number of pyridine rings is 1. The zero-order valence-corrected chi connectivity index (χ0v) is 23.8. The van der Waals surface area contributed by atoms with Crippen molar-refractivity contribution < 1.29 is 0 Å². The summed E-state index contributed by atoms with van der Waals surface area (Å²) in [6.45, 7) is 0. The first-order valence-corrected chi connectivity index (χ1v) is 15.1. The highest BCUT2D eigenvalue weighted by atomic mass is 15.0. The Balaban J connectivity index is 1.21. The minimum Gasteiger partial charge on any atom is -0.309 e. The van der Waals surface area contributed by atoms with Crippen LogP contribution in [-0.2, 0) is 0 Å². The van der Waals surface area contributed by atoms with Gasteiger partial charge in [-0.1, -0.05) is 103 Å². The highest BCUT2D eigenvalue weighted by Crippen LogP contribution is 2.42. The van der Waals surface area contributed by atoms with Gasteiger partial charge in [0.1, 0.15) is 5.65 Å². The molecule has 3 heteroatoms. The smallest absolute Gasteiger partial charge is 0.137 e. The molecule has 0 atom stereocenters. The molecule has 0 aliphatic heterocycles. The predicted octanol–water partition coefficient (Wildman–Crippen LogP) is 10.7. The summed E-state index contributed by atoms with van der Waals surface area (Å²) in [5, 5.41) is 10.2. The van der Waals surface area contributed by atoms with Crippen LogP contribution in [0.15, 0.2) is 152 Å². The monoisotopic (exact) mass is 559 g/mol. The molecule has 0 spiro atoms. The van der Waals surface area contributed by atoms with Crippen molar-refractivity contribution in [1.82, 2.24) is 14.0 Å². The van der Waals surface area contributed by atoms with Gasteiger partial charge in [-0.2, -0.15) is 0 Å². The Labute approximate surface area is 253 Å². The Morgan fingerprint density at radius 3 is 1.84 bits per heavy atom. The van der Waals surface area contributed by atoms with Crippen LogP contribution in [0.5, 0.6) is 0 Å². The summed E-state index contributed by atoms with van der Waals surface area (Å²) in [4.78, 5) is 4.97. The lowest BCUT2D eigenvalue weighted by Gasteiger charge is -2.16. The molecule has 3 aromatic heterocycles. The molecule has 10 rings (SSSR count). The molecule has 10 aromatic rings. The number of fused-ring (bicyclic) bond motifs is 4. The molecule has 0 saturated carbocycles. The Morgan fingerprint density at radius 2 is 1.11 bits per heavy atom. The van der Waals surface area contributed by atoms with Crippen molar-refractivity contribution in [3.8, 4) is 28.1 Å². The number of benzene rings is 7. The highest BCUT2D eigenvalue weighted by molar-refractivity contribution is 6.27. The number of hydrogen-bond acceptors (Lipinski definition) is 1. The SMILES string of the molecule is c1cc(-c2ccc3ccc4c(-c5cn6ccccc6n5)ccc5ccc2c3c54)cc(-n2c3ccccc3c3ccccc32)c1. The molecule has 0 fully saturated rings. The lowest BCUT2D eigenvalue weighted by atomic mass is 9.88. The first-order chi connectivity index (χ1) is 21.8. The van der Waals surface area contributed by atoms with Crippen LogP contribution in [-0.4, -0.2) is 14.0 Å². The van der Waals surface area contributed by atoms with Gasteiger partial charge in [-0.15, -0.1) is 0 Å². The fraction of sp³-hybridized carbons (Fsp3) is 0. The average Bonchev–Trinajstić information content (AvgIpc) is 3.67. The van der Waals surface area contributed by atoms with E-state index in [-0.39, 0.29) is 0 Å². The molecular weight excluding hydrogens is 534 g/mol. The number of para-hydroxylation sites is 2. The lowest BCUT2D eigenvalue weighted by Crippen LogP contribution is -1.94. The molecule has 0 aliphatic rings. The number of rotatable bonds is 3. The van der Waals surface area contributed by atoms with Gasteiger partial charge in [0.25, 0.3) is 0 Å². The van der Waals surface area contributed by atoms with Gasteiger partial charge in [-0.25, -0.2) is 4.98 Å². The van der Waals surface area contributed by atoms with Gasteiger partial charge in [0.2, 0.25) is 0 Å². The van der Waals surface area contributed by atoms with Crippen molar-refractivity contribution in [2.75, 3.05) is 0 Å². The van der Waals surface area contributed by atoms with Crippen LogP contribution in [0.3, 0.4) is 0 Å². The van der Waals surface area contributed by atoms with E-state index >= 15 is 0 Å². The summed E-state index contributed by atoms with van der Waals surface area (Å²) in [5.74, 6) is 0. The summed E-state index contributed by atoms with van der Waals surface area (Å²) in [7, 11) is 0. The van der Waals surface area contributed by atoms with Crippen molar-refractivity contribution in [2.45, 2.75) is 0 Å². The summed E-state index contributed by atoms with van der Waals surface area (Å²) in [6, 6.07) is 50.7. The molecule has 0 N–H and O–H groups in total. The maximum absolute atomic E-state index is 4.97. The van der Waals surface area contributed by atoms with E-state index < -0.39 is 0 Å². The van der Waals surface area contributed by atoms with Gasteiger partial charge in [0, 0.05) is 34.4 Å². The van der Waals surface area contributed by atoms with Crippen LogP contribution in [0.25, 0.3) is 87.8 Å². The van der Waals surface area contributed by atoms with Crippen LogP contribution >= 0.6 is 0 Å². The van der Waals surface area contributed by atoms with Crippen molar-refractivity contribution in [3.63, 3.8) is 0 Å². The topological polar surface area (TPSA) is 22.2 Å². The molecule has 7 aromatic carbocycles. The van der Waals surface area contributed by atoms with Crippen LogP contribution in [0.4, 0.5) is 0 Å². The molecule has 204 valence electrons. The summed E-state index contributed by atoms with van der Waals surface area (Å²) < 4.78 is 4.49. The van der Waals surface area contributed by atoms with E-state index in [0.717, 1.165) is 16.9 Å². The zero-order chi connectivity index (χ0) is 28.8.